The summed E-state index contributed by atoms with van der Waals surface area (Å²) in [5.74, 6) is 1.69. The Kier molecular flexibility index (Phi) is 4.62. The quantitative estimate of drug-likeness (QED) is 0.845. The highest BCUT2D eigenvalue weighted by molar-refractivity contribution is 4.91. The van der Waals surface area contributed by atoms with Crippen LogP contribution in [-0.2, 0) is 0 Å². The second-order valence-electron chi connectivity index (χ2n) is 8.43. The molecule has 1 aliphatic heterocycles. The molecule has 0 amide bonds. The van der Waals surface area contributed by atoms with Gasteiger partial charge in [-0.25, -0.2) is 0 Å². The van der Waals surface area contributed by atoms with Crippen molar-refractivity contribution in [1.29, 1.82) is 0 Å². The van der Waals surface area contributed by atoms with E-state index in [9.17, 15) is 5.11 Å². The van der Waals surface area contributed by atoms with Crippen LogP contribution in [0, 0.1) is 22.7 Å². The van der Waals surface area contributed by atoms with Crippen molar-refractivity contribution in [2.45, 2.75) is 59.8 Å². The summed E-state index contributed by atoms with van der Waals surface area (Å²) in [4.78, 5) is 2.63. The molecule has 1 N–H and O–H groups in total. The second-order valence-corrected chi connectivity index (χ2v) is 8.43. The average molecular weight is 267 g/mol. The molecule has 0 spiro atoms. The third-order valence-electron chi connectivity index (χ3n) is 5.73. The van der Waals surface area contributed by atoms with E-state index in [1.165, 1.54) is 45.2 Å². The van der Waals surface area contributed by atoms with Crippen LogP contribution in [-0.4, -0.2) is 36.2 Å². The van der Waals surface area contributed by atoms with Gasteiger partial charge in [-0.3, -0.25) is 0 Å². The van der Waals surface area contributed by atoms with Crippen molar-refractivity contribution in [2.24, 2.45) is 22.7 Å². The van der Waals surface area contributed by atoms with Crippen molar-refractivity contribution < 1.29 is 5.11 Å². The Bertz CT molecular complexity index is 286. The van der Waals surface area contributed by atoms with Crippen molar-refractivity contribution in [3.8, 4) is 0 Å². The zero-order valence-corrected chi connectivity index (χ0v) is 13.4. The van der Waals surface area contributed by atoms with E-state index in [1.54, 1.807) is 0 Å². The van der Waals surface area contributed by atoms with Gasteiger partial charge >= 0.3 is 0 Å². The van der Waals surface area contributed by atoms with Crippen LogP contribution in [0.4, 0.5) is 0 Å². The van der Waals surface area contributed by atoms with E-state index in [2.05, 4.69) is 32.6 Å². The van der Waals surface area contributed by atoms with E-state index in [-0.39, 0.29) is 5.41 Å². The van der Waals surface area contributed by atoms with Crippen LogP contribution < -0.4 is 0 Å². The molecule has 2 fully saturated rings. The Labute approximate surface area is 119 Å². The lowest BCUT2D eigenvalue weighted by Crippen LogP contribution is -2.42. The van der Waals surface area contributed by atoms with Gasteiger partial charge in [0.2, 0.25) is 0 Å². The van der Waals surface area contributed by atoms with Crippen molar-refractivity contribution >= 4 is 0 Å². The molecule has 0 aromatic rings. The SMILES string of the molecule is CC1CCC(CO)(CN2CCC(C(C)(C)C)C2)CC1. The molecule has 1 unspecified atom stereocenters. The molecule has 1 heterocycles. The maximum atomic E-state index is 9.89. The molecule has 2 nitrogen and oxygen atoms in total. The van der Waals surface area contributed by atoms with Gasteiger partial charge in [0, 0.05) is 25.1 Å². The van der Waals surface area contributed by atoms with Crippen LogP contribution in [0.2, 0.25) is 0 Å². The smallest absolute Gasteiger partial charge is 0.0499 e. The number of hydrogen-bond donors (Lipinski definition) is 1. The second kappa shape index (κ2) is 5.73. The highest BCUT2D eigenvalue weighted by Gasteiger charge is 2.38. The van der Waals surface area contributed by atoms with Gasteiger partial charge in [0.1, 0.15) is 0 Å². The first-order valence-corrected chi connectivity index (χ1v) is 8.18. The molecular formula is C17H33NO. The zero-order valence-electron chi connectivity index (χ0n) is 13.4. The fourth-order valence-electron chi connectivity index (χ4n) is 3.90. The summed E-state index contributed by atoms with van der Waals surface area (Å²) in [6.45, 7) is 13.4. The van der Waals surface area contributed by atoms with Crippen LogP contribution in [0.1, 0.15) is 59.8 Å². The maximum absolute atomic E-state index is 9.89. The molecule has 1 saturated heterocycles. The highest BCUT2D eigenvalue weighted by Crippen LogP contribution is 2.41. The van der Waals surface area contributed by atoms with Gasteiger partial charge in [-0.15, -0.1) is 0 Å². The summed E-state index contributed by atoms with van der Waals surface area (Å²) in [6.07, 6.45) is 6.39. The van der Waals surface area contributed by atoms with Gasteiger partial charge < -0.3 is 10.0 Å². The molecule has 1 aliphatic carbocycles. The predicted molar refractivity (Wildman–Crippen MR) is 81.2 cm³/mol. The molecule has 112 valence electrons. The Balaban J connectivity index is 1.90. The Morgan fingerprint density at radius 2 is 1.79 bits per heavy atom. The number of aliphatic hydroxyl groups is 1. The molecule has 0 radical (unpaired) electrons. The van der Waals surface area contributed by atoms with Gasteiger partial charge in [-0.05, 0) is 43.1 Å². The molecule has 0 aromatic heterocycles. The maximum Gasteiger partial charge on any atom is 0.0499 e. The summed E-state index contributed by atoms with van der Waals surface area (Å²) < 4.78 is 0. The van der Waals surface area contributed by atoms with Gasteiger partial charge in [0.15, 0.2) is 0 Å². The number of rotatable bonds is 3. The van der Waals surface area contributed by atoms with Gasteiger partial charge in [0.05, 0.1) is 0 Å². The van der Waals surface area contributed by atoms with Crippen molar-refractivity contribution in [1.82, 2.24) is 4.90 Å². The minimum Gasteiger partial charge on any atom is -0.396 e. The standard InChI is InChI=1S/C17H33NO/c1-14-5-8-17(13-19,9-6-14)12-18-10-7-15(11-18)16(2,3)4/h14-15,19H,5-13H2,1-4H3. The van der Waals surface area contributed by atoms with E-state index in [0.717, 1.165) is 18.4 Å². The summed E-state index contributed by atoms with van der Waals surface area (Å²) >= 11 is 0. The van der Waals surface area contributed by atoms with Crippen LogP contribution in [0.25, 0.3) is 0 Å². The summed E-state index contributed by atoms with van der Waals surface area (Å²) in [5, 5.41) is 9.89. The minimum absolute atomic E-state index is 0.208. The Hall–Kier alpha value is -0.0800. The number of nitrogens with zero attached hydrogens (tertiary/aromatic N) is 1. The van der Waals surface area contributed by atoms with Crippen molar-refractivity contribution in [3.05, 3.63) is 0 Å². The van der Waals surface area contributed by atoms with E-state index >= 15 is 0 Å². The first-order chi connectivity index (χ1) is 8.85. The van der Waals surface area contributed by atoms with Gasteiger partial charge in [-0.1, -0.05) is 40.5 Å². The monoisotopic (exact) mass is 267 g/mol. The summed E-state index contributed by atoms with van der Waals surface area (Å²) in [5.41, 5.74) is 0.640. The van der Waals surface area contributed by atoms with E-state index in [1.807, 2.05) is 0 Å². The molecule has 0 bridgehead atoms. The first-order valence-electron chi connectivity index (χ1n) is 8.18. The molecule has 19 heavy (non-hydrogen) atoms. The number of likely N-dealkylation sites (tertiary alicyclic amines) is 1. The summed E-state index contributed by atoms with van der Waals surface area (Å²) in [7, 11) is 0. The van der Waals surface area contributed by atoms with Gasteiger partial charge in [0.25, 0.3) is 0 Å². The Morgan fingerprint density at radius 3 is 2.26 bits per heavy atom. The molecule has 2 rings (SSSR count). The van der Waals surface area contributed by atoms with E-state index in [0.29, 0.717) is 12.0 Å². The Morgan fingerprint density at radius 1 is 1.16 bits per heavy atom. The molecule has 0 aromatic carbocycles. The molecule has 2 heteroatoms. The normalized spacial score (nSPS) is 37.7. The molecular weight excluding hydrogens is 234 g/mol. The van der Waals surface area contributed by atoms with Crippen LogP contribution >= 0.6 is 0 Å². The predicted octanol–water partition coefficient (Wildman–Crippen LogP) is 3.54. The molecule has 2 aliphatic rings. The van der Waals surface area contributed by atoms with Crippen LogP contribution in [0.3, 0.4) is 0 Å². The van der Waals surface area contributed by atoms with E-state index in [4.69, 9.17) is 0 Å². The lowest BCUT2D eigenvalue weighted by Gasteiger charge is -2.41. The lowest BCUT2D eigenvalue weighted by molar-refractivity contribution is 0.0334. The zero-order chi connectivity index (χ0) is 14.1. The molecule has 1 saturated carbocycles. The summed E-state index contributed by atoms with van der Waals surface area (Å²) in [6, 6.07) is 0. The largest absolute Gasteiger partial charge is 0.396 e. The minimum atomic E-state index is 0.208. The lowest BCUT2D eigenvalue weighted by atomic mass is 9.71. The average Bonchev–Trinajstić information content (AvgIpc) is 2.81. The van der Waals surface area contributed by atoms with E-state index < -0.39 is 0 Å². The van der Waals surface area contributed by atoms with Crippen molar-refractivity contribution in [3.63, 3.8) is 0 Å². The highest BCUT2D eigenvalue weighted by atomic mass is 16.3. The van der Waals surface area contributed by atoms with Gasteiger partial charge in [-0.2, -0.15) is 0 Å². The third kappa shape index (κ3) is 3.72. The number of hydrogen-bond acceptors (Lipinski definition) is 2. The fraction of sp³-hybridized carbons (Fsp3) is 1.00. The third-order valence-corrected chi connectivity index (χ3v) is 5.73. The number of aliphatic hydroxyl groups excluding tert-OH is 1. The fourth-order valence-corrected chi connectivity index (χ4v) is 3.90. The van der Waals surface area contributed by atoms with Crippen molar-refractivity contribution in [2.75, 3.05) is 26.2 Å². The first kappa shape index (κ1) is 15.3. The topological polar surface area (TPSA) is 23.5 Å². The van der Waals surface area contributed by atoms with Crippen LogP contribution in [0.15, 0.2) is 0 Å². The van der Waals surface area contributed by atoms with Crippen LogP contribution in [0.5, 0.6) is 0 Å². The molecule has 1 atom stereocenters.